The summed E-state index contributed by atoms with van der Waals surface area (Å²) in [6.45, 7) is 6.11. The van der Waals surface area contributed by atoms with Crippen LogP contribution in [0, 0.1) is 0 Å². The van der Waals surface area contributed by atoms with Crippen LogP contribution < -0.4 is 4.90 Å². The summed E-state index contributed by atoms with van der Waals surface area (Å²) in [6, 6.07) is 4.55. The van der Waals surface area contributed by atoms with Crippen molar-refractivity contribution in [1.29, 1.82) is 0 Å². The van der Waals surface area contributed by atoms with E-state index in [1.54, 1.807) is 4.90 Å². The fourth-order valence-electron chi connectivity index (χ4n) is 2.26. The minimum absolute atomic E-state index is 0.0476. The van der Waals surface area contributed by atoms with E-state index in [2.05, 4.69) is 0 Å². The predicted octanol–water partition coefficient (Wildman–Crippen LogP) is 3.32. The van der Waals surface area contributed by atoms with E-state index in [4.69, 9.17) is 0 Å². The maximum atomic E-state index is 12.8. The number of hydrogen-bond donors (Lipinski definition) is 0. The van der Waals surface area contributed by atoms with Gasteiger partial charge in [-0.25, -0.2) is 0 Å². The second-order valence-electron chi connectivity index (χ2n) is 5.03. The first-order valence-corrected chi connectivity index (χ1v) is 7.43. The highest BCUT2D eigenvalue weighted by Gasteiger charge is 2.31. The fourth-order valence-corrected chi connectivity index (χ4v) is 2.26. The van der Waals surface area contributed by atoms with Gasteiger partial charge < -0.3 is 9.80 Å². The Labute approximate surface area is 133 Å². The van der Waals surface area contributed by atoms with E-state index in [0.29, 0.717) is 13.1 Å². The number of amides is 2. The van der Waals surface area contributed by atoms with Gasteiger partial charge in [-0.2, -0.15) is 13.2 Å². The maximum absolute atomic E-state index is 12.8. The van der Waals surface area contributed by atoms with Gasteiger partial charge in [-0.1, -0.05) is 6.07 Å². The van der Waals surface area contributed by atoms with Gasteiger partial charge >= 0.3 is 6.18 Å². The number of halogens is 3. The first-order chi connectivity index (χ1) is 10.7. The zero-order chi connectivity index (χ0) is 17.6. The summed E-state index contributed by atoms with van der Waals surface area (Å²) in [5, 5.41) is 0. The van der Waals surface area contributed by atoms with Gasteiger partial charge in [-0.05, 0) is 32.0 Å². The number of carbonyl (C=O) groups is 2. The Kier molecular flexibility index (Phi) is 6.60. The minimum Gasteiger partial charge on any atom is -0.343 e. The Bertz CT molecular complexity index is 555. The quantitative estimate of drug-likeness (QED) is 0.803. The van der Waals surface area contributed by atoms with Gasteiger partial charge in [0.2, 0.25) is 11.8 Å². The molecule has 0 aromatic heterocycles. The average molecular weight is 330 g/mol. The summed E-state index contributed by atoms with van der Waals surface area (Å²) in [7, 11) is 0. The third-order valence-electron chi connectivity index (χ3n) is 3.53. The fraction of sp³-hybridized carbons (Fsp3) is 0.500. The molecular weight excluding hydrogens is 309 g/mol. The van der Waals surface area contributed by atoms with E-state index in [-0.39, 0.29) is 24.6 Å². The molecule has 0 aliphatic rings. The summed E-state index contributed by atoms with van der Waals surface area (Å²) >= 11 is 0. The maximum Gasteiger partial charge on any atom is 0.416 e. The van der Waals surface area contributed by atoms with Crippen LogP contribution in [-0.2, 0) is 15.8 Å². The largest absolute Gasteiger partial charge is 0.416 e. The highest BCUT2D eigenvalue weighted by molar-refractivity contribution is 5.92. The first kappa shape index (κ1) is 19.0. The molecule has 4 nitrogen and oxygen atoms in total. The number of anilines is 1. The number of rotatable bonds is 6. The van der Waals surface area contributed by atoms with Crippen LogP contribution in [0.25, 0.3) is 0 Å². The standard InChI is InChI=1S/C16H21F3N2O2/c1-4-20(5-2)15(23)9-10-21(12(3)22)14-8-6-7-13(11-14)16(17,18)19/h6-8,11H,4-5,9-10H2,1-3H3. The smallest absolute Gasteiger partial charge is 0.343 e. The Morgan fingerprint density at radius 1 is 1.13 bits per heavy atom. The number of benzene rings is 1. The molecule has 0 heterocycles. The Hall–Kier alpha value is -2.05. The zero-order valence-corrected chi connectivity index (χ0v) is 13.5. The van der Waals surface area contributed by atoms with Crippen LogP contribution in [0.1, 0.15) is 32.8 Å². The topological polar surface area (TPSA) is 40.6 Å². The third kappa shape index (κ3) is 5.26. The second-order valence-corrected chi connectivity index (χ2v) is 5.03. The monoisotopic (exact) mass is 330 g/mol. The molecule has 1 aromatic rings. The van der Waals surface area contributed by atoms with E-state index in [1.165, 1.54) is 24.0 Å². The van der Waals surface area contributed by atoms with Crippen molar-refractivity contribution < 1.29 is 22.8 Å². The lowest BCUT2D eigenvalue weighted by molar-refractivity contribution is -0.137. The molecule has 0 aliphatic heterocycles. The normalized spacial score (nSPS) is 11.2. The molecule has 1 rings (SSSR count). The van der Waals surface area contributed by atoms with Crippen LogP contribution in [0.2, 0.25) is 0 Å². The molecule has 1 aromatic carbocycles. The Balaban J connectivity index is 2.92. The van der Waals surface area contributed by atoms with Crippen LogP contribution in [0.15, 0.2) is 24.3 Å². The van der Waals surface area contributed by atoms with E-state index >= 15 is 0 Å². The van der Waals surface area contributed by atoms with E-state index in [9.17, 15) is 22.8 Å². The molecular formula is C16H21F3N2O2. The highest BCUT2D eigenvalue weighted by Crippen LogP contribution is 2.31. The molecule has 0 aliphatic carbocycles. The highest BCUT2D eigenvalue weighted by atomic mass is 19.4. The third-order valence-corrected chi connectivity index (χ3v) is 3.53. The molecule has 0 N–H and O–H groups in total. The van der Waals surface area contributed by atoms with Crippen LogP contribution in [0.5, 0.6) is 0 Å². The summed E-state index contributed by atoms with van der Waals surface area (Å²) in [6.07, 6.45) is -4.41. The van der Waals surface area contributed by atoms with Crippen LogP contribution in [0.4, 0.5) is 18.9 Å². The first-order valence-electron chi connectivity index (χ1n) is 7.43. The Morgan fingerprint density at radius 3 is 2.22 bits per heavy atom. The van der Waals surface area contributed by atoms with Crippen molar-refractivity contribution >= 4 is 17.5 Å². The van der Waals surface area contributed by atoms with Crippen LogP contribution in [-0.4, -0.2) is 36.3 Å². The van der Waals surface area contributed by atoms with Crippen molar-refractivity contribution in [2.45, 2.75) is 33.4 Å². The minimum atomic E-state index is -4.48. The van der Waals surface area contributed by atoms with Crippen molar-refractivity contribution in [3.63, 3.8) is 0 Å². The molecule has 0 saturated carbocycles. The van der Waals surface area contributed by atoms with Crippen LogP contribution in [0.3, 0.4) is 0 Å². The number of carbonyl (C=O) groups excluding carboxylic acids is 2. The van der Waals surface area contributed by atoms with E-state index in [1.807, 2.05) is 13.8 Å². The van der Waals surface area contributed by atoms with Gasteiger partial charge in [0, 0.05) is 38.7 Å². The molecule has 0 atom stereocenters. The lowest BCUT2D eigenvalue weighted by Gasteiger charge is -2.24. The van der Waals surface area contributed by atoms with Gasteiger partial charge in [0.15, 0.2) is 0 Å². The van der Waals surface area contributed by atoms with Crippen molar-refractivity contribution in [2.24, 2.45) is 0 Å². The zero-order valence-electron chi connectivity index (χ0n) is 13.5. The van der Waals surface area contributed by atoms with Crippen LogP contribution >= 0.6 is 0 Å². The molecule has 0 spiro atoms. The SMILES string of the molecule is CCN(CC)C(=O)CCN(C(C)=O)c1cccc(C(F)(F)F)c1. The predicted molar refractivity (Wildman–Crippen MR) is 82.0 cm³/mol. The van der Waals surface area contributed by atoms with Crippen molar-refractivity contribution in [3.05, 3.63) is 29.8 Å². The van der Waals surface area contributed by atoms with Crippen molar-refractivity contribution in [3.8, 4) is 0 Å². The molecule has 0 unspecified atom stereocenters. The molecule has 0 fully saturated rings. The average Bonchev–Trinajstić information content (AvgIpc) is 2.48. The van der Waals surface area contributed by atoms with Crippen molar-refractivity contribution in [1.82, 2.24) is 4.90 Å². The molecule has 0 bridgehead atoms. The number of alkyl halides is 3. The number of nitrogens with zero attached hydrogens (tertiary/aromatic N) is 2. The van der Waals surface area contributed by atoms with Gasteiger partial charge in [0.05, 0.1) is 5.56 Å². The van der Waals surface area contributed by atoms with E-state index in [0.717, 1.165) is 12.1 Å². The second kappa shape index (κ2) is 7.99. The summed E-state index contributed by atoms with van der Waals surface area (Å²) in [5.41, 5.74) is -0.684. The van der Waals surface area contributed by atoms with E-state index < -0.39 is 17.6 Å². The molecule has 0 radical (unpaired) electrons. The summed E-state index contributed by atoms with van der Waals surface area (Å²) in [5.74, 6) is -0.537. The van der Waals surface area contributed by atoms with Gasteiger partial charge in [0.1, 0.15) is 0 Å². The lowest BCUT2D eigenvalue weighted by Crippen LogP contribution is -2.36. The number of hydrogen-bond acceptors (Lipinski definition) is 2. The lowest BCUT2D eigenvalue weighted by atomic mass is 10.1. The van der Waals surface area contributed by atoms with Gasteiger partial charge in [0.25, 0.3) is 0 Å². The molecule has 128 valence electrons. The van der Waals surface area contributed by atoms with Gasteiger partial charge in [-0.3, -0.25) is 9.59 Å². The summed E-state index contributed by atoms with van der Waals surface area (Å²) < 4.78 is 38.3. The van der Waals surface area contributed by atoms with Crippen molar-refractivity contribution in [2.75, 3.05) is 24.5 Å². The molecule has 2 amide bonds. The molecule has 0 saturated heterocycles. The molecule has 23 heavy (non-hydrogen) atoms. The Morgan fingerprint density at radius 2 is 1.74 bits per heavy atom. The van der Waals surface area contributed by atoms with Gasteiger partial charge in [-0.15, -0.1) is 0 Å². The molecule has 7 heteroatoms. The summed E-state index contributed by atoms with van der Waals surface area (Å²) in [4.78, 5) is 26.6.